The van der Waals surface area contributed by atoms with Crippen LogP contribution >= 0.6 is 24.0 Å². The van der Waals surface area contributed by atoms with Gasteiger partial charge in [0.15, 0.2) is 5.96 Å². The van der Waals surface area contributed by atoms with Gasteiger partial charge in [-0.3, -0.25) is 4.99 Å². The molecule has 0 aromatic carbocycles. The van der Waals surface area contributed by atoms with Crippen molar-refractivity contribution in [1.29, 1.82) is 0 Å². The lowest BCUT2D eigenvalue weighted by Crippen LogP contribution is -2.41. The van der Waals surface area contributed by atoms with Gasteiger partial charge in [-0.25, -0.2) is 0 Å². The molecule has 0 atom stereocenters. The Morgan fingerprint density at radius 2 is 1.85 bits per heavy atom. The summed E-state index contributed by atoms with van der Waals surface area (Å²) in [5.74, 6) is 0.215. The fourth-order valence-electron chi connectivity index (χ4n) is 0.616. The maximum atomic E-state index is 11.7. The molecule has 0 aliphatic carbocycles. The third kappa shape index (κ3) is 8.13. The van der Waals surface area contributed by atoms with Gasteiger partial charge in [0.2, 0.25) is 0 Å². The lowest BCUT2D eigenvalue weighted by Gasteiger charge is -2.17. The number of hydrogen-bond donors (Lipinski definition) is 1. The molecule has 0 aromatic rings. The van der Waals surface area contributed by atoms with Crippen molar-refractivity contribution in [2.24, 2.45) is 4.99 Å². The Labute approximate surface area is 92.4 Å². The van der Waals surface area contributed by atoms with E-state index in [0.717, 1.165) is 0 Å². The molecule has 0 unspecified atom stereocenters. The summed E-state index contributed by atoms with van der Waals surface area (Å²) >= 11 is 0. The number of halogens is 4. The van der Waals surface area contributed by atoms with Gasteiger partial charge in [-0.1, -0.05) is 0 Å². The van der Waals surface area contributed by atoms with E-state index in [2.05, 4.69) is 10.3 Å². The van der Waals surface area contributed by atoms with Crippen LogP contribution in [0.4, 0.5) is 13.2 Å². The van der Waals surface area contributed by atoms with Crippen LogP contribution in [0, 0.1) is 0 Å². The number of aliphatic imine (C=N–C) groups is 1. The minimum Gasteiger partial charge on any atom is -0.349 e. The zero-order valence-electron chi connectivity index (χ0n) is 7.64. The van der Waals surface area contributed by atoms with E-state index >= 15 is 0 Å². The van der Waals surface area contributed by atoms with Crippen LogP contribution in [0.15, 0.2) is 4.99 Å². The largest absolute Gasteiger partial charge is 0.405 e. The van der Waals surface area contributed by atoms with E-state index in [9.17, 15) is 13.2 Å². The Bertz CT molecular complexity index is 167. The minimum atomic E-state index is -4.20. The molecule has 0 aliphatic heterocycles. The molecule has 0 heterocycles. The van der Waals surface area contributed by atoms with Crippen LogP contribution < -0.4 is 5.32 Å². The van der Waals surface area contributed by atoms with Crippen LogP contribution in [0.3, 0.4) is 0 Å². The standard InChI is InChI=1S/C6H12F3N3.HI/c1-10-5(12(2)3)11-4-6(7,8)9;/h4H2,1-3H3,(H,10,11);1H. The zero-order valence-corrected chi connectivity index (χ0v) is 9.97. The molecule has 0 saturated carbocycles. The van der Waals surface area contributed by atoms with Crippen molar-refractivity contribution in [3.8, 4) is 0 Å². The molecular weight excluding hydrogens is 298 g/mol. The summed E-state index contributed by atoms with van der Waals surface area (Å²) in [6.45, 7) is -1.06. The van der Waals surface area contributed by atoms with Gasteiger partial charge in [0.1, 0.15) is 6.54 Å². The summed E-state index contributed by atoms with van der Waals surface area (Å²) in [7, 11) is 4.66. The molecule has 1 N–H and O–H groups in total. The van der Waals surface area contributed by atoms with Crippen molar-refractivity contribution >= 4 is 29.9 Å². The second kappa shape index (κ2) is 6.28. The van der Waals surface area contributed by atoms with Gasteiger partial charge in [0.25, 0.3) is 0 Å². The second-order valence-corrected chi connectivity index (χ2v) is 2.41. The highest BCUT2D eigenvalue weighted by atomic mass is 127. The summed E-state index contributed by atoms with van der Waals surface area (Å²) in [5, 5.41) is 2.16. The number of nitrogens with one attached hydrogen (secondary N) is 1. The van der Waals surface area contributed by atoms with E-state index in [0.29, 0.717) is 0 Å². The summed E-state index contributed by atoms with van der Waals surface area (Å²) < 4.78 is 35.0. The Morgan fingerprint density at radius 3 is 2.08 bits per heavy atom. The summed E-state index contributed by atoms with van der Waals surface area (Å²) in [6, 6.07) is 0. The van der Waals surface area contributed by atoms with Crippen molar-refractivity contribution in [3.63, 3.8) is 0 Å². The van der Waals surface area contributed by atoms with E-state index in [1.807, 2.05) is 0 Å². The van der Waals surface area contributed by atoms with Crippen LogP contribution in [-0.4, -0.2) is 44.7 Å². The molecule has 0 rings (SSSR count). The molecule has 13 heavy (non-hydrogen) atoms. The number of nitrogens with zero attached hydrogens (tertiary/aromatic N) is 2. The first-order chi connectivity index (χ1) is 5.37. The number of hydrogen-bond acceptors (Lipinski definition) is 1. The SMILES string of the molecule is CN=C(NCC(F)(F)F)N(C)C.I. The topological polar surface area (TPSA) is 27.6 Å². The Kier molecular flexibility index (Phi) is 7.37. The Balaban J connectivity index is 0. The molecule has 0 spiro atoms. The van der Waals surface area contributed by atoms with Gasteiger partial charge < -0.3 is 10.2 Å². The molecule has 0 aromatic heterocycles. The molecule has 0 radical (unpaired) electrons. The highest BCUT2D eigenvalue weighted by molar-refractivity contribution is 14.0. The smallest absolute Gasteiger partial charge is 0.349 e. The fraction of sp³-hybridized carbons (Fsp3) is 0.833. The highest BCUT2D eigenvalue weighted by Crippen LogP contribution is 2.12. The van der Waals surface area contributed by atoms with E-state index in [4.69, 9.17) is 0 Å². The maximum absolute atomic E-state index is 11.7. The van der Waals surface area contributed by atoms with Crippen LogP contribution in [0.5, 0.6) is 0 Å². The zero-order chi connectivity index (χ0) is 9.78. The van der Waals surface area contributed by atoms with Gasteiger partial charge in [-0.2, -0.15) is 13.2 Å². The van der Waals surface area contributed by atoms with Gasteiger partial charge >= 0.3 is 6.18 Å². The first-order valence-corrected chi connectivity index (χ1v) is 3.31. The average molecular weight is 311 g/mol. The van der Waals surface area contributed by atoms with Crippen LogP contribution in [0.2, 0.25) is 0 Å². The highest BCUT2D eigenvalue weighted by Gasteiger charge is 2.27. The molecule has 7 heteroatoms. The van der Waals surface area contributed by atoms with E-state index in [-0.39, 0.29) is 29.9 Å². The number of rotatable bonds is 1. The van der Waals surface area contributed by atoms with Crippen LogP contribution in [0.25, 0.3) is 0 Å². The molecule has 0 saturated heterocycles. The summed E-state index contributed by atoms with van der Waals surface area (Å²) in [4.78, 5) is 5.10. The van der Waals surface area contributed by atoms with Crippen molar-refractivity contribution in [1.82, 2.24) is 10.2 Å². The molecule has 3 nitrogen and oxygen atoms in total. The average Bonchev–Trinajstić information content (AvgIpc) is 1.85. The van der Waals surface area contributed by atoms with Crippen molar-refractivity contribution in [2.45, 2.75) is 6.18 Å². The quantitative estimate of drug-likeness (QED) is 0.449. The third-order valence-corrected chi connectivity index (χ3v) is 1.08. The predicted octanol–water partition coefficient (Wildman–Crippen LogP) is 1.30. The Morgan fingerprint density at radius 1 is 1.38 bits per heavy atom. The lowest BCUT2D eigenvalue weighted by molar-refractivity contribution is -0.122. The normalized spacial score (nSPS) is 12.0. The molecule has 80 valence electrons. The van der Waals surface area contributed by atoms with Crippen molar-refractivity contribution < 1.29 is 13.2 Å². The van der Waals surface area contributed by atoms with Crippen LogP contribution in [0.1, 0.15) is 0 Å². The molecule has 0 bridgehead atoms. The Hall–Kier alpha value is -0.210. The van der Waals surface area contributed by atoms with Gasteiger partial charge in [-0.05, 0) is 0 Å². The van der Waals surface area contributed by atoms with Gasteiger partial charge in [-0.15, -0.1) is 24.0 Å². The summed E-state index contributed by atoms with van der Waals surface area (Å²) in [5.41, 5.74) is 0. The first kappa shape index (κ1) is 15.3. The van der Waals surface area contributed by atoms with Crippen LogP contribution in [-0.2, 0) is 0 Å². The number of guanidine groups is 1. The van der Waals surface area contributed by atoms with Gasteiger partial charge in [0.05, 0.1) is 0 Å². The second-order valence-electron chi connectivity index (χ2n) is 2.41. The fourth-order valence-corrected chi connectivity index (χ4v) is 0.616. The van der Waals surface area contributed by atoms with E-state index in [1.165, 1.54) is 11.9 Å². The first-order valence-electron chi connectivity index (χ1n) is 3.31. The van der Waals surface area contributed by atoms with Gasteiger partial charge in [0, 0.05) is 21.1 Å². The van der Waals surface area contributed by atoms with Crippen molar-refractivity contribution in [2.75, 3.05) is 27.7 Å². The minimum absolute atomic E-state index is 0. The number of alkyl halides is 3. The van der Waals surface area contributed by atoms with E-state index in [1.54, 1.807) is 14.1 Å². The summed E-state index contributed by atoms with van der Waals surface area (Å²) in [6.07, 6.45) is -4.20. The molecule has 0 fully saturated rings. The predicted molar refractivity (Wildman–Crippen MR) is 56.5 cm³/mol. The molecule has 0 aliphatic rings. The third-order valence-electron chi connectivity index (χ3n) is 1.08. The molecular formula is C6H13F3IN3. The lowest BCUT2D eigenvalue weighted by atomic mass is 10.6. The molecule has 0 amide bonds. The monoisotopic (exact) mass is 311 g/mol. The van der Waals surface area contributed by atoms with E-state index < -0.39 is 12.7 Å². The maximum Gasteiger partial charge on any atom is 0.405 e. The van der Waals surface area contributed by atoms with Crippen molar-refractivity contribution in [3.05, 3.63) is 0 Å².